The molecular formula is C14H18N6. The van der Waals surface area contributed by atoms with Crippen LogP contribution in [-0.4, -0.2) is 28.0 Å². The fraction of sp³-hybridized carbons (Fsp3) is 0.357. The summed E-state index contributed by atoms with van der Waals surface area (Å²) < 4.78 is 0. The van der Waals surface area contributed by atoms with E-state index >= 15 is 0 Å². The van der Waals surface area contributed by atoms with Crippen molar-refractivity contribution in [3.63, 3.8) is 0 Å². The van der Waals surface area contributed by atoms with Crippen molar-refractivity contribution in [1.29, 1.82) is 0 Å². The van der Waals surface area contributed by atoms with E-state index in [-0.39, 0.29) is 5.95 Å². The number of hydrogen-bond acceptors (Lipinski definition) is 6. The van der Waals surface area contributed by atoms with Crippen LogP contribution in [0.4, 0.5) is 23.5 Å². The van der Waals surface area contributed by atoms with Gasteiger partial charge in [-0.15, -0.1) is 0 Å². The first-order chi connectivity index (χ1) is 9.72. The van der Waals surface area contributed by atoms with Crippen LogP contribution >= 0.6 is 0 Å². The summed E-state index contributed by atoms with van der Waals surface area (Å²) in [4.78, 5) is 15.0. The van der Waals surface area contributed by atoms with Crippen molar-refractivity contribution in [2.24, 2.45) is 0 Å². The standard InChI is InChI=1S/C14H18N6/c1-10-6-2-3-7-11(10)16-13-17-12(15)18-14(19-13)20-8-4-5-9-20/h2-3,6-7H,4-5,8-9H2,1H3,(H3,15,16,17,18,19). The fourth-order valence-corrected chi connectivity index (χ4v) is 2.33. The van der Waals surface area contributed by atoms with Gasteiger partial charge in [-0.1, -0.05) is 18.2 Å². The number of nitrogen functional groups attached to an aromatic ring is 1. The highest BCUT2D eigenvalue weighted by Gasteiger charge is 2.16. The van der Waals surface area contributed by atoms with Crippen LogP contribution in [0.5, 0.6) is 0 Å². The minimum absolute atomic E-state index is 0.248. The molecule has 0 spiro atoms. The number of nitrogens with one attached hydrogen (secondary N) is 1. The Morgan fingerprint density at radius 3 is 2.60 bits per heavy atom. The lowest BCUT2D eigenvalue weighted by molar-refractivity contribution is 0.887. The summed E-state index contributed by atoms with van der Waals surface area (Å²) >= 11 is 0. The lowest BCUT2D eigenvalue weighted by Crippen LogP contribution is -2.22. The molecule has 3 rings (SSSR count). The van der Waals surface area contributed by atoms with E-state index in [0.29, 0.717) is 11.9 Å². The maximum absolute atomic E-state index is 5.79. The van der Waals surface area contributed by atoms with Crippen LogP contribution in [0, 0.1) is 6.92 Å². The van der Waals surface area contributed by atoms with Crippen LogP contribution in [0.3, 0.4) is 0 Å². The molecule has 1 aromatic carbocycles. The van der Waals surface area contributed by atoms with Crippen LogP contribution in [0.25, 0.3) is 0 Å². The molecule has 2 aromatic rings. The van der Waals surface area contributed by atoms with Gasteiger partial charge in [-0.25, -0.2) is 0 Å². The molecule has 1 saturated heterocycles. The molecule has 6 heteroatoms. The van der Waals surface area contributed by atoms with Gasteiger partial charge >= 0.3 is 0 Å². The molecule has 0 bridgehead atoms. The topological polar surface area (TPSA) is 80.0 Å². The van der Waals surface area contributed by atoms with Gasteiger partial charge in [-0.05, 0) is 31.4 Å². The molecule has 0 amide bonds. The van der Waals surface area contributed by atoms with Crippen LogP contribution in [0.1, 0.15) is 18.4 Å². The molecule has 104 valence electrons. The number of nitrogens with zero attached hydrogens (tertiary/aromatic N) is 4. The van der Waals surface area contributed by atoms with Gasteiger partial charge in [-0.2, -0.15) is 15.0 Å². The molecule has 1 aliphatic rings. The predicted molar refractivity (Wildman–Crippen MR) is 80.1 cm³/mol. The van der Waals surface area contributed by atoms with Crippen LogP contribution < -0.4 is 16.0 Å². The Kier molecular flexibility index (Phi) is 3.37. The largest absolute Gasteiger partial charge is 0.368 e. The summed E-state index contributed by atoms with van der Waals surface area (Å²) in [7, 11) is 0. The minimum atomic E-state index is 0.248. The van der Waals surface area contributed by atoms with Crippen molar-refractivity contribution in [2.45, 2.75) is 19.8 Å². The van der Waals surface area contributed by atoms with Crippen molar-refractivity contribution in [1.82, 2.24) is 15.0 Å². The Labute approximate surface area is 118 Å². The Morgan fingerprint density at radius 1 is 1.10 bits per heavy atom. The zero-order chi connectivity index (χ0) is 13.9. The van der Waals surface area contributed by atoms with Crippen molar-refractivity contribution in [3.8, 4) is 0 Å². The van der Waals surface area contributed by atoms with Crippen molar-refractivity contribution in [2.75, 3.05) is 29.0 Å². The van der Waals surface area contributed by atoms with Gasteiger partial charge in [-0.3, -0.25) is 0 Å². The third-order valence-electron chi connectivity index (χ3n) is 3.42. The number of anilines is 4. The number of rotatable bonds is 3. The van der Waals surface area contributed by atoms with E-state index in [2.05, 4.69) is 25.2 Å². The van der Waals surface area contributed by atoms with Gasteiger partial charge in [0.2, 0.25) is 17.8 Å². The van der Waals surface area contributed by atoms with Gasteiger partial charge in [0.05, 0.1) is 0 Å². The van der Waals surface area contributed by atoms with Crippen LogP contribution in [0.2, 0.25) is 0 Å². The van der Waals surface area contributed by atoms with Gasteiger partial charge in [0.15, 0.2) is 0 Å². The van der Waals surface area contributed by atoms with E-state index in [1.165, 1.54) is 12.8 Å². The summed E-state index contributed by atoms with van der Waals surface area (Å²) in [6, 6.07) is 8.00. The third kappa shape index (κ3) is 2.64. The quantitative estimate of drug-likeness (QED) is 0.889. The van der Waals surface area contributed by atoms with Gasteiger partial charge < -0.3 is 16.0 Å². The third-order valence-corrected chi connectivity index (χ3v) is 3.42. The number of nitrogens with two attached hydrogens (primary N) is 1. The molecule has 1 aliphatic heterocycles. The predicted octanol–water partition coefficient (Wildman–Crippen LogP) is 2.11. The van der Waals surface area contributed by atoms with E-state index < -0.39 is 0 Å². The Bertz CT molecular complexity index is 606. The van der Waals surface area contributed by atoms with E-state index in [1.54, 1.807) is 0 Å². The zero-order valence-corrected chi connectivity index (χ0v) is 11.5. The maximum atomic E-state index is 5.79. The number of hydrogen-bond donors (Lipinski definition) is 2. The average molecular weight is 270 g/mol. The summed E-state index contributed by atoms with van der Waals surface area (Å²) in [5, 5.41) is 3.21. The monoisotopic (exact) mass is 270 g/mol. The lowest BCUT2D eigenvalue weighted by atomic mass is 10.2. The molecule has 20 heavy (non-hydrogen) atoms. The Morgan fingerprint density at radius 2 is 1.85 bits per heavy atom. The molecule has 1 aromatic heterocycles. The molecule has 3 N–H and O–H groups in total. The normalized spacial score (nSPS) is 14.6. The summed E-state index contributed by atoms with van der Waals surface area (Å²) in [6.07, 6.45) is 2.35. The second-order valence-electron chi connectivity index (χ2n) is 4.95. The second kappa shape index (κ2) is 5.32. The highest BCUT2D eigenvalue weighted by atomic mass is 15.3. The van der Waals surface area contributed by atoms with E-state index in [1.807, 2.05) is 31.2 Å². The summed E-state index contributed by atoms with van der Waals surface area (Å²) in [6.45, 7) is 3.99. The van der Waals surface area contributed by atoms with Gasteiger partial charge in [0.25, 0.3) is 0 Å². The molecule has 0 saturated carbocycles. The number of aryl methyl sites for hydroxylation is 1. The highest BCUT2D eigenvalue weighted by Crippen LogP contribution is 2.21. The van der Waals surface area contributed by atoms with Crippen molar-refractivity contribution < 1.29 is 0 Å². The molecule has 6 nitrogen and oxygen atoms in total. The van der Waals surface area contributed by atoms with E-state index in [9.17, 15) is 0 Å². The fourth-order valence-electron chi connectivity index (χ4n) is 2.33. The molecular weight excluding hydrogens is 252 g/mol. The first-order valence-corrected chi connectivity index (χ1v) is 6.81. The molecule has 0 aliphatic carbocycles. The van der Waals surface area contributed by atoms with Crippen LogP contribution in [-0.2, 0) is 0 Å². The highest BCUT2D eigenvalue weighted by molar-refractivity contribution is 5.59. The molecule has 2 heterocycles. The molecule has 0 atom stereocenters. The summed E-state index contributed by atoms with van der Waals surface area (Å²) in [5.41, 5.74) is 7.90. The first-order valence-electron chi connectivity index (χ1n) is 6.81. The van der Waals surface area contributed by atoms with Gasteiger partial charge in [0.1, 0.15) is 0 Å². The first kappa shape index (κ1) is 12.7. The van der Waals surface area contributed by atoms with Crippen LogP contribution in [0.15, 0.2) is 24.3 Å². The van der Waals surface area contributed by atoms with E-state index in [4.69, 9.17) is 5.73 Å². The zero-order valence-electron chi connectivity index (χ0n) is 11.5. The second-order valence-corrected chi connectivity index (χ2v) is 4.95. The molecule has 1 fully saturated rings. The minimum Gasteiger partial charge on any atom is -0.368 e. The number of aromatic nitrogens is 3. The summed E-state index contributed by atoms with van der Waals surface area (Å²) in [5.74, 6) is 1.40. The number of benzene rings is 1. The lowest BCUT2D eigenvalue weighted by Gasteiger charge is -2.16. The molecule has 0 radical (unpaired) electrons. The Hall–Kier alpha value is -2.37. The van der Waals surface area contributed by atoms with E-state index in [0.717, 1.165) is 24.3 Å². The maximum Gasteiger partial charge on any atom is 0.233 e. The van der Waals surface area contributed by atoms with Gasteiger partial charge in [0, 0.05) is 18.8 Å². The van der Waals surface area contributed by atoms with Crippen molar-refractivity contribution >= 4 is 23.5 Å². The SMILES string of the molecule is Cc1ccccc1Nc1nc(N)nc(N2CCCC2)n1. The average Bonchev–Trinajstić information content (AvgIpc) is 2.95. The number of para-hydroxylation sites is 1. The molecule has 0 unspecified atom stereocenters. The Balaban J connectivity index is 1.88. The smallest absolute Gasteiger partial charge is 0.233 e. The van der Waals surface area contributed by atoms with Crippen molar-refractivity contribution in [3.05, 3.63) is 29.8 Å².